The van der Waals surface area contributed by atoms with Crippen molar-refractivity contribution in [1.29, 1.82) is 0 Å². The third-order valence-corrected chi connectivity index (χ3v) is 3.74. The van der Waals surface area contributed by atoms with E-state index < -0.39 is 5.82 Å². The van der Waals surface area contributed by atoms with Crippen LogP contribution < -0.4 is 0 Å². The van der Waals surface area contributed by atoms with Crippen LogP contribution in [0.1, 0.15) is 25.3 Å². The Balaban J connectivity index is 2.25. The molecule has 1 aromatic rings. The molecule has 1 aliphatic rings. The van der Waals surface area contributed by atoms with Gasteiger partial charge < -0.3 is 10.0 Å². The highest BCUT2D eigenvalue weighted by atomic mass is 19.1. The summed E-state index contributed by atoms with van der Waals surface area (Å²) in [4.78, 5) is 2.29. The second-order valence-corrected chi connectivity index (χ2v) is 5.03. The Bertz CT molecular complexity index is 384. The van der Waals surface area contributed by atoms with Gasteiger partial charge in [0.25, 0.3) is 0 Å². The van der Waals surface area contributed by atoms with E-state index in [1.165, 1.54) is 12.1 Å². The van der Waals surface area contributed by atoms with E-state index >= 15 is 0 Å². The molecule has 0 atom stereocenters. The number of halogens is 1. The van der Waals surface area contributed by atoms with Gasteiger partial charge in [0.2, 0.25) is 0 Å². The van der Waals surface area contributed by atoms with Gasteiger partial charge in [0, 0.05) is 0 Å². The third kappa shape index (κ3) is 2.05. The van der Waals surface area contributed by atoms with Gasteiger partial charge in [-0.05, 0) is 56.1 Å². The first-order chi connectivity index (χ1) is 7.51. The smallest absolute Gasteiger partial charge is 0.165 e. The number of benzene rings is 1. The van der Waals surface area contributed by atoms with Crippen LogP contribution >= 0.6 is 0 Å². The number of likely N-dealkylation sites (tertiary alicyclic amines) is 1. The van der Waals surface area contributed by atoms with E-state index in [4.69, 9.17) is 0 Å². The van der Waals surface area contributed by atoms with Gasteiger partial charge >= 0.3 is 0 Å². The lowest BCUT2D eigenvalue weighted by molar-refractivity contribution is 0.199. The van der Waals surface area contributed by atoms with Gasteiger partial charge in [0.15, 0.2) is 11.6 Å². The lowest BCUT2D eigenvalue weighted by Gasteiger charge is -2.38. The Morgan fingerprint density at radius 3 is 2.50 bits per heavy atom. The molecule has 0 unspecified atom stereocenters. The van der Waals surface area contributed by atoms with Crippen LogP contribution in [0.5, 0.6) is 5.75 Å². The molecule has 0 bridgehead atoms. The maximum atomic E-state index is 13.3. The minimum absolute atomic E-state index is 0.0427. The van der Waals surface area contributed by atoms with Gasteiger partial charge in [0.1, 0.15) is 0 Å². The molecule has 2 rings (SSSR count). The summed E-state index contributed by atoms with van der Waals surface area (Å²) < 4.78 is 13.3. The number of hydrogen-bond acceptors (Lipinski definition) is 2. The summed E-state index contributed by atoms with van der Waals surface area (Å²) in [5.74, 6) is -0.780. The molecule has 88 valence electrons. The summed E-state index contributed by atoms with van der Waals surface area (Å²) in [5, 5.41) is 9.18. The standard InChI is InChI=1S/C13H18FNO/c1-13(5-7-15(2)8-6-13)10-3-4-12(16)11(14)9-10/h3-4,9,16H,5-8H2,1-2H3. The Morgan fingerprint density at radius 2 is 1.94 bits per heavy atom. The van der Waals surface area contributed by atoms with Crippen LogP contribution in [0.3, 0.4) is 0 Å². The second kappa shape index (κ2) is 4.06. The van der Waals surface area contributed by atoms with Crippen molar-refractivity contribution in [1.82, 2.24) is 4.90 Å². The first-order valence-corrected chi connectivity index (χ1v) is 5.69. The lowest BCUT2D eigenvalue weighted by atomic mass is 9.74. The fourth-order valence-corrected chi connectivity index (χ4v) is 2.28. The molecule has 0 amide bonds. The second-order valence-electron chi connectivity index (χ2n) is 5.03. The molecule has 0 radical (unpaired) electrons. The van der Waals surface area contributed by atoms with Gasteiger partial charge in [-0.2, -0.15) is 0 Å². The minimum Gasteiger partial charge on any atom is -0.505 e. The number of phenolic OH excluding ortho intramolecular Hbond substituents is 1. The molecule has 0 spiro atoms. The average molecular weight is 223 g/mol. The molecule has 0 aliphatic carbocycles. The van der Waals surface area contributed by atoms with Crippen molar-refractivity contribution >= 4 is 0 Å². The number of hydrogen-bond donors (Lipinski definition) is 1. The molecule has 0 aromatic heterocycles. The molecule has 1 aromatic carbocycles. The molecule has 3 heteroatoms. The van der Waals surface area contributed by atoms with E-state index in [9.17, 15) is 9.50 Å². The summed E-state index contributed by atoms with van der Waals surface area (Å²) in [6.45, 7) is 4.25. The van der Waals surface area contributed by atoms with E-state index in [0.717, 1.165) is 31.5 Å². The maximum Gasteiger partial charge on any atom is 0.165 e. The Morgan fingerprint density at radius 1 is 1.31 bits per heavy atom. The van der Waals surface area contributed by atoms with E-state index in [2.05, 4.69) is 18.9 Å². The van der Waals surface area contributed by atoms with Crippen LogP contribution in [0, 0.1) is 5.82 Å². The van der Waals surface area contributed by atoms with Crippen LogP contribution in [-0.2, 0) is 5.41 Å². The highest BCUT2D eigenvalue weighted by Crippen LogP contribution is 2.35. The van der Waals surface area contributed by atoms with Crippen molar-refractivity contribution in [2.45, 2.75) is 25.2 Å². The van der Waals surface area contributed by atoms with Gasteiger partial charge in [-0.1, -0.05) is 13.0 Å². The zero-order chi connectivity index (χ0) is 11.8. The zero-order valence-electron chi connectivity index (χ0n) is 9.83. The Hall–Kier alpha value is -1.09. The average Bonchev–Trinajstić information content (AvgIpc) is 2.26. The molecule has 1 fully saturated rings. The summed E-state index contributed by atoms with van der Waals surface area (Å²) >= 11 is 0. The SMILES string of the molecule is CN1CCC(C)(c2ccc(O)c(F)c2)CC1. The Labute approximate surface area is 95.7 Å². The highest BCUT2D eigenvalue weighted by molar-refractivity contribution is 5.33. The van der Waals surface area contributed by atoms with Crippen molar-refractivity contribution in [3.8, 4) is 5.75 Å². The van der Waals surface area contributed by atoms with Gasteiger partial charge in [0.05, 0.1) is 0 Å². The van der Waals surface area contributed by atoms with Crippen LogP contribution in [0.2, 0.25) is 0 Å². The van der Waals surface area contributed by atoms with Crippen molar-refractivity contribution in [2.24, 2.45) is 0 Å². The molecule has 16 heavy (non-hydrogen) atoms. The van der Waals surface area contributed by atoms with Gasteiger partial charge in [-0.3, -0.25) is 0 Å². The normalized spacial score (nSPS) is 20.9. The van der Waals surface area contributed by atoms with Crippen molar-refractivity contribution in [3.63, 3.8) is 0 Å². The lowest BCUT2D eigenvalue weighted by Crippen LogP contribution is -2.38. The summed E-state index contributed by atoms with van der Waals surface area (Å²) in [5.41, 5.74) is 1.04. The minimum atomic E-state index is -0.516. The maximum absolute atomic E-state index is 13.3. The Kier molecular flexibility index (Phi) is 2.89. The molecule has 2 nitrogen and oxygen atoms in total. The molecule has 1 N–H and O–H groups in total. The molecular formula is C13H18FNO. The summed E-state index contributed by atoms with van der Waals surface area (Å²) in [6.07, 6.45) is 2.07. The number of piperidine rings is 1. The molecule has 1 saturated heterocycles. The predicted octanol–water partition coefficient (Wildman–Crippen LogP) is 2.51. The van der Waals surface area contributed by atoms with Crippen LogP contribution in [0.4, 0.5) is 4.39 Å². The third-order valence-electron chi connectivity index (χ3n) is 3.74. The van der Waals surface area contributed by atoms with E-state index in [-0.39, 0.29) is 11.2 Å². The zero-order valence-corrected chi connectivity index (χ0v) is 9.83. The first-order valence-electron chi connectivity index (χ1n) is 5.69. The number of nitrogens with zero attached hydrogens (tertiary/aromatic N) is 1. The topological polar surface area (TPSA) is 23.5 Å². The quantitative estimate of drug-likeness (QED) is 0.790. The monoisotopic (exact) mass is 223 g/mol. The molecule has 1 aliphatic heterocycles. The first kappa shape index (κ1) is 11.4. The van der Waals surface area contributed by atoms with E-state index in [0.29, 0.717) is 0 Å². The predicted molar refractivity (Wildman–Crippen MR) is 62.1 cm³/mol. The fourth-order valence-electron chi connectivity index (χ4n) is 2.28. The largest absolute Gasteiger partial charge is 0.505 e. The van der Waals surface area contributed by atoms with Crippen LogP contribution in [0.25, 0.3) is 0 Å². The number of rotatable bonds is 1. The summed E-state index contributed by atoms with van der Waals surface area (Å²) in [6, 6.07) is 4.76. The molecular weight excluding hydrogens is 205 g/mol. The van der Waals surface area contributed by atoms with Crippen molar-refractivity contribution in [2.75, 3.05) is 20.1 Å². The van der Waals surface area contributed by atoms with Gasteiger partial charge in [-0.15, -0.1) is 0 Å². The fraction of sp³-hybridized carbons (Fsp3) is 0.538. The van der Waals surface area contributed by atoms with E-state index in [1.807, 2.05) is 6.07 Å². The van der Waals surface area contributed by atoms with Crippen molar-refractivity contribution in [3.05, 3.63) is 29.6 Å². The van der Waals surface area contributed by atoms with Crippen LogP contribution in [-0.4, -0.2) is 30.1 Å². The highest BCUT2D eigenvalue weighted by Gasteiger charge is 2.31. The summed E-state index contributed by atoms with van der Waals surface area (Å²) in [7, 11) is 2.11. The van der Waals surface area contributed by atoms with Crippen molar-refractivity contribution < 1.29 is 9.50 Å². The van der Waals surface area contributed by atoms with Crippen LogP contribution in [0.15, 0.2) is 18.2 Å². The van der Waals surface area contributed by atoms with Gasteiger partial charge in [-0.25, -0.2) is 4.39 Å². The number of phenols is 1. The molecule has 0 saturated carbocycles. The number of aromatic hydroxyl groups is 1. The van der Waals surface area contributed by atoms with E-state index in [1.54, 1.807) is 0 Å². The molecule has 1 heterocycles.